The van der Waals surface area contributed by atoms with Crippen LogP contribution < -0.4 is 10.6 Å². The molecule has 3 fully saturated rings. The van der Waals surface area contributed by atoms with Gasteiger partial charge in [-0.05, 0) is 55.8 Å². The van der Waals surface area contributed by atoms with Crippen LogP contribution in [0.15, 0.2) is 4.99 Å². The first kappa shape index (κ1) is 17.6. The van der Waals surface area contributed by atoms with E-state index in [2.05, 4.69) is 22.5 Å². The van der Waals surface area contributed by atoms with E-state index in [9.17, 15) is 4.79 Å². The molecule has 0 spiro atoms. The molecule has 0 saturated heterocycles. The van der Waals surface area contributed by atoms with Crippen molar-refractivity contribution < 1.29 is 4.79 Å². The number of hydrogen-bond acceptors (Lipinski definition) is 2. The van der Waals surface area contributed by atoms with E-state index < -0.39 is 0 Å². The maximum Gasteiger partial charge on any atom is 0.243 e. The largest absolute Gasteiger partial charge is 0.356 e. The molecule has 0 heterocycles. The van der Waals surface area contributed by atoms with Crippen molar-refractivity contribution in [2.24, 2.45) is 22.2 Å². The zero-order valence-corrected chi connectivity index (χ0v) is 15.6. The summed E-state index contributed by atoms with van der Waals surface area (Å²) >= 11 is 0. The van der Waals surface area contributed by atoms with Gasteiger partial charge >= 0.3 is 0 Å². The topological polar surface area (TPSA) is 56.7 Å². The number of carbonyl (C=O) groups is 1. The number of hydrogen-bond donors (Lipinski definition) is 2. The molecule has 0 aromatic heterocycles. The second kappa shape index (κ2) is 7.32. The Labute approximate surface area is 146 Å². The van der Waals surface area contributed by atoms with Crippen molar-refractivity contribution in [3.63, 3.8) is 0 Å². The quantitative estimate of drug-likeness (QED) is 0.579. The highest BCUT2D eigenvalue weighted by Gasteiger charge is 2.40. The lowest BCUT2D eigenvalue weighted by Gasteiger charge is -2.42. The maximum absolute atomic E-state index is 11.9. The van der Waals surface area contributed by atoms with E-state index >= 15 is 0 Å². The molecular formula is C19H34N4O. The molecule has 0 radical (unpaired) electrons. The van der Waals surface area contributed by atoms with Gasteiger partial charge in [0.15, 0.2) is 5.96 Å². The number of aliphatic imine (C=N–C) groups is 1. The van der Waals surface area contributed by atoms with Gasteiger partial charge in [-0.1, -0.05) is 19.8 Å². The standard InChI is InChI=1S/C19H34N4O/c1-4-19(8-5-9-19)13-21-18(20-12-17(24)23(2)3)22-16-11-14-6-7-15(16)10-14/h14-16H,4-13H2,1-3H3,(H2,20,21,22). The van der Waals surface area contributed by atoms with Gasteiger partial charge in [0.2, 0.25) is 5.91 Å². The van der Waals surface area contributed by atoms with Gasteiger partial charge in [0.1, 0.15) is 6.54 Å². The SMILES string of the molecule is CCC1(CNC(=NCC(=O)N(C)C)NC2CC3CCC2C3)CCC1. The summed E-state index contributed by atoms with van der Waals surface area (Å²) in [7, 11) is 3.57. The van der Waals surface area contributed by atoms with E-state index in [1.165, 1.54) is 51.4 Å². The van der Waals surface area contributed by atoms with Gasteiger partial charge in [-0.2, -0.15) is 0 Å². The Morgan fingerprint density at radius 1 is 1.25 bits per heavy atom. The van der Waals surface area contributed by atoms with Crippen LogP contribution in [0.2, 0.25) is 0 Å². The average molecular weight is 335 g/mol. The van der Waals surface area contributed by atoms with E-state index in [-0.39, 0.29) is 12.5 Å². The zero-order valence-electron chi connectivity index (χ0n) is 15.6. The Hall–Kier alpha value is -1.26. The number of rotatable bonds is 6. The summed E-state index contributed by atoms with van der Waals surface area (Å²) in [5, 5.41) is 7.22. The summed E-state index contributed by atoms with van der Waals surface area (Å²) in [6.07, 6.45) is 10.6. The van der Waals surface area contributed by atoms with E-state index in [1.807, 2.05) is 0 Å². The van der Waals surface area contributed by atoms with Crippen LogP contribution in [-0.4, -0.2) is 50.0 Å². The number of nitrogens with zero attached hydrogens (tertiary/aromatic N) is 2. The normalized spacial score (nSPS) is 30.8. The van der Waals surface area contributed by atoms with Gasteiger partial charge in [-0.25, -0.2) is 4.99 Å². The molecule has 24 heavy (non-hydrogen) atoms. The molecule has 3 aliphatic rings. The van der Waals surface area contributed by atoms with Crippen LogP contribution in [0.3, 0.4) is 0 Å². The highest BCUT2D eigenvalue weighted by molar-refractivity contribution is 5.85. The molecule has 2 N–H and O–H groups in total. The molecule has 2 bridgehead atoms. The van der Waals surface area contributed by atoms with Crippen molar-refractivity contribution in [2.75, 3.05) is 27.2 Å². The van der Waals surface area contributed by atoms with Crippen molar-refractivity contribution >= 4 is 11.9 Å². The first-order valence-electron chi connectivity index (χ1n) is 9.76. The average Bonchev–Trinajstić information content (AvgIpc) is 3.13. The number of amides is 1. The Kier molecular flexibility index (Phi) is 5.36. The fourth-order valence-corrected chi connectivity index (χ4v) is 4.64. The number of fused-ring (bicyclic) bond motifs is 2. The fourth-order valence-electron chi connectivity index (χ4n) is 4.64. The molecule has 0 aliphatic heterocycles. The lowest BCUT2D eigenvalue weighted by atomic mass is 9.67. The molecule has 5 nitrogen and oxygen atoms in total. The molecule has 3 rings (SSSR count). The number of nitrogens with one attached hydrogen (secondary N) is 2. The summed E-state index contributed by atoms with van der Waals surface area (Å²) < 4.78 is 0. The third-order valence-corrected chi connectivity index (χ3v) is 6.73. The molecule has 3 saturated carbocycles. The summed E-state index contributed by atoms with van der Waals surface area (Å²) in [4.78, 5) is 18.1. The Balaban J connectivity index is 1.59. The lowest BCUT2D eigenvalue weighted by Crippen LogP contribution is -2.50. The second-order valence-corrected chi connectivity index (χ2v) is 8.44. The van der Waals surface area contributed by atoms with E-state index in [4.69, 9.17) is 0 Å². The monoisotopic (exact) mass is 334 g/mol. The predicted molar refractivity (Wildman–Crippen MR) is 97.9 cm³/mol. The number of carbonyl (C=O) groups excluding carboxylic acids is 1. The van der Waals surface area contributed by atoms with Gasteiger partial charge in [0.25, 0.3) is 0 Å². The third-order valence-electron chi connectivity index (χ3n) is 6.73. The molecule has 1 amide bonds. The van der Waals surface area contributed by atoms with Gasteiger partial charge in [0, 0.05) is 26.7 Å². The molecule has 0 aromatic rings. The lowest BCUT2D eigenvalue weighted by molar-refractivity contribution is -0.127. The fraction of sp³-hybridized carbons (Fsp3) is 0.895. The number of guanidine groups is 1. The molecule has 136 valence electrons. The van der Waals surface area contributed by atoms with Crippen LogP contribution in [0.1, 0.15) is 58.3 Å². The first-order valence-corrected chi connectivity index (χ1v) is 9.76. The predicted octanol–water partition coefficient (Wildman–Crippen LogP) is 2.38. The van der Waals surface area contributed by atoms with Gasteiger partial charge in [0.05, 0.1) is 0 Å². The van der Waals surface area contributed by atoms with Crippen LogP contribution in [-0.2, 0) is 4.79 Å². The summed E-state index contributed by atoms with van der Waals surface area (Å²) in [6, 6.07) is 0.545. The van der Waals surface area contributed by atoms with Crippen molar-refractivity contribution in [3.05, 3.63) is 0 Å². The summed E-state index contributed by atoms with van der Waals surface area (Å²) in [5.41, 5.74) is 0.447. The Morgan fingerprint density at radius 2 is 2.04 bits per heavy atom. The smallest absolute Gasteiger partial charge is 0.243 e. The zero-order chi connectivity index (χ0) is 17.2. The highest BCUT2D eigenvalue weighted by Crippen LogP contribution is 2.45. The minimum Gasteiger partial charge on any atom is -0.356 e. The molecular weight excluding hydrogens is 300 g/mol. The van der Waals surface area contributed by atoms with Crippen molar-refractivity contribution in [2.45, 2.75) is 64.3 Å². The summed E-state index contributed by atoms with van der Waals surface area (Å²) in [5.74, 6) is 2.61. The maximum atomic E-state index is 11.9. The van der Waals surface area contributed by atoms with Crippen LogP contribution in [0.4, 0.5) is 0 Å². The van der Waals surface area contributed by atoms with Crippen molar-refractivity contribution in [3.8, 4) is 0 Å². The highest BCUT2D eigenvalue weighted by atomic mass is 16.2. The molecule has 3 atom stereocenters. The number of likely N-dealkylation sites (N-methyl/N-ethyl adjacent to an activating group) is 1. The van der Waals surface area contributed by atoms with Crippen LogP contribution in [0.25, 0.3) is 0 Å². The third kappa shape index (κ3) is 3.86. The molecule has 0 aromatic carbocycles. The van der Waals surface area contributed by atoms with Crippen molar-refractivity contribution in [1.82, 2.24) is 15.5 Å². The van der Waals surface area contributed by atoms with E-state index in [0.29, 0.717) is 11.5 Å². The van der Waals surface area contributed by atoms with Crippen LogP contribution in [0, 0.1) is 17.3 Å². The van der Waals surface area contributed by atoms with Crippen LogP contribution >= 0.6 is 0 Å². The first-order chi connectivity index (χ1) is 11.5. The van der Waals surface area contributed by atoms with E-state index in [1.54, 1.807) is 19.0 Å². The Bertz CT molecular complexity index is 478. The minimum absolute atomic E-state index is 0.0536. The van der Waals surface area contributed by atoms with Gasteiger partial charge in [-0.3, -0.25) is 4.79 Å². The molecule has 3 unspecified atom stereocenters. The van der Waals surface area contributed by atoms with Gasteiger partial charge < -0.3 is 15.5 Å². The van der Waals surface area contributed by atoms with Crippen molar-refractivity contribution in [1.29, 1.82) is 0 Å². The van der Waals surface area contributed by atoms with Gasteiger partial charge in [-0.15, -0.1) is 0 Å². The van der Waals surface area contributed by atoms with Crippen LogP contribution in [0.5, 0.6) is 0 Å². The molecule has 5 heteroatoms. The molecule has 3 aliphatic carbocycles. The minimum atomic E-state index is 0.0536. The van der Waals surface area contributed by atoms with E-state index in [0.717, 1.165) is 24.3 Å². The Morgan fingerprint density at radius 3 is 2.54 bits per heavy atom. The second-order valence-electron chi connectivity index (χ2n) is 8.44. The summed E-state index contributed by atoms with van der Waals surface area (Å²) in [6.45, 7) is 3.49.